The van der Waals surface area contributed by atoms with Crippen molar-refractivity contribution in [1.29, 1.82) is 0 Å². The van der Waals surface area contributed by atoms with Crippen molar-refractivity contribution in [3.63, 3.8) is 0 Å². The fraction of sp³-hybridized carbons (Fsp3) is 0.235. The second kappa shape index (κ2) is 7.64. The van der Waals surface area contributed by atoms with Crippen LogP contribution in [-0.2, 0) is 5.41 Å². The summed E-state index contributed by atoms with van der Waals surface area (Å²) in [4.78, 5) is 27.9. The zero-order valence-electron chi connectivity index (χ0n) is 15.3. The number of carbonyl (C=O) groups excluding carboxylic acids is 1. The number of amides is 2. The van der Waals surface area contributed by atoms with Crippen LogP contribution >= 0.6 is 11.3 Å². The Bertz CT molecular complexity index is 1000. The number of nitrogens with one attached hydrogen (secondary N) is 2. The third-order valence-electron chi connectivity index (χ3n) is 3.34. The van der Waals surface area contributed by atoms with Gasteiger partial charge in [0.2, 0.25) is 11.8 Å². The summed E-state index contributed by atoms with van der Waals surface area (Å²) in [7, 11) is 0. The first-order valence-corrected chi connectivity index (χ1v) is 8.96. The van der Waals surface area contributed by atoms with Crippen molar-refractivity contribution in [2.75, 3.05) is 10.6 Å². The molecule has 0 spiro atoms. The lowest BCUT2D eigenvalue weighted by atomic mass is 9.94. The molecule has 3 aromatic heterocycles. The highest BCUT2D eigenvalue weighted by Gasteiger charge is 2.18. The average Bonchev–Trinajstić information content (AvgIpc) is 3.20. The van der Waals surface area contributed by atoms with Gasteiger partial charge in [0, 0.05) is 28.6 Å². The summed E-state index contributed by atoms with van der Waals surface area (Å²) in [6.45, 7) is 6.12. The molecule has 0 saturated carbocycles. The van der Waals surface area contributed by atoms with Crippen LogP contribution < -0.4 is 10.6 Å². The minimum absolute atomic E-state index is 0.0577. The maximum atomic E-state index is 12.0. The summed E-state index contributed by atoms with van der Waals surface area (Å²) in [5, 5.41) is 23.7. The molecule has 0 fully saturated rings. The van der Waals surface area contributed by atoms with Crippen LogP contribution in [-0.4, -0.2) is 36.2 Å². The van der Waals surface area contributed by atoms with Crippen molar-refractivity contribution in [2.45, 2.75) is 26.2 Å². The summed E-state index contributed by atoms with van der Waals surface area (Å²) in [6.07, 6.45) is 6.79. The molecule has 0 unspecified atom stereocenters. The number of anilines is 2. The van der Waals surface area contributed by atoms with E-state index in [4.69, 9.17) is 4.42 Å². The van der Waals surface area contributed by atoms with E-state index >= 15 is 0 Å². The molecule has 4 N–H and O–H groups in total. The van der Waals surface area contributed by atoms with E-state index in [0.29, 0.717) is 11.0 Å². The van der Waals surface area contributed by atoms with Crippen LogP contribution in [0.5, 0.6) is 11.9 Å². The zero-order chi connectivity index (χ0) is 20.3. The molecule has 0 aliphatic carbocycles. The molecule has 2 amide bonds. The Morgan fingerprint density at radius 1 is 1.14 bits per heavy atom. The van der Waals surface area contributed by atoms with Crippen molar-refractivity contribution >= 4 is 40.5 Å². The first-order valence-electron chi connectivity index (χ1n) is 8.14. The lowest BCUT2D eigenvalue weighted by molar-refractivity contribution is 0.262. The van der Waals surface area contributed by atoms with Crippen molar-refractivity contribution in [3.05, 3.63) is 35.0 Å². The summed E-state index contributed by atoms with van der Waals surface area (Å²) in [5.41, 5.74) is -0.120. The van der Waals surface area contributed by atoms with Gasteiger partial charge in [0.25, 0.3) is 0 Å². The highest BCUT2D eigenvalue weighted by molar-refractivity contribution is 7.16. The molecule has 146 valence electrons. The Labute approximate surface area is 164 Å². The smallest absolute Gasteiger partial charge is 0.326 e. The normalized spacial score (nSPS) is 11.7. The van der Waals surface area contributed by atoms with Crippen LogP contribution in [0, 0.1) is 0 Å². The molecular weight excluding hydrogens is 384 g/mol. The number of urea groups is 1. The number of aromatic nitrogens is 4. The maximum absolute atomic E-state index is 12.0. The molecule has 10 nitrogen and oxygen atoms in total. The largest absolute Gasteiger partial charge is 0.493 e. The van der Waals surface area contributed by atoms with E-state index in [9.17, 15) is 15.0 Å². The molecule has 0 aliphatic rings. The van der Waals surface area contributed by atoms with Gasteiger partial charge in [-0.1, -0.05) is 32.1 Å². The summed E-state index contributed by atoms with van der Waals surface area (Å²) >= 11 is 1.24. The van der Waals surface area contributed by atoms with Gasteiger partial charge < -0.3 is 14.6 Å². The van der Waals surface area contributed by atoms with Crippen molar-refractivity contribution in [1.82, 2.24) is 19.9 Å². The SMILES string of the molecule is CC(C)(C)c1cnc(/C=C/c2cnc(NC(=O)Nc3cc(O)nc(O)n3)s2)o1. The summed E-state index contributed by atoms with van der Waals surface area (Å²) < 4.78 is 5.68. The van der Waals surface area contributed by atoms with Gasteiger partial charge in [-0.05, 0) is 6.08 Å². The van der Waals surface area contributed by atoms with E-state index in [1.54, 1.807) is 24.5 Å². The Hall–Kier alpha value is -3.47. The molecule has 0 bridgehead atoms. The van der Waals surface area contributed by atoms with Gasteiger partial charge in [-0.15, -0.1) is 0 Å². The van der Waals surface area contributed by atoms with E-state index in [1.165, 1.54) is 11.3 Å². The second-order valence-electron chi connectivity index (χ2n) is 6.70. The number of carbonyl (C=O) groups is 1. The Morgan fingerprint density at radius 3 is 2.61 bits per heavy atom. The first-order chi connectivity index (χ1) is 13.2. The van der Waals surface area contributed by atoms with Crippen molar-refractivity contribution in [3.8, 4) is 11.9 Å². The Kier molecular flexibility index (Phi) is 5.27. The van der Waals surface area contributed by atoms with E-state index in [0.717, 1.165) is 16.7 Å². The van der Waals surface area contributed by atoms with E-state index in [2.05, 4.69) is 30.6 Å². The molecule has 11 heteroatoms. The van der Waals surface area contributed by atoms with Crippen molar-refractivity contribution in [2.24, 2.45) is 0 Å². The number of hydrogen-bond donors (Lipinski definition) is 4. The third-order valence-corrected chi connectivity index (χ3v) is 4.22. The lowest BCUT2D eigenvalue weighted by Crippen LogP contribution is -2.19. The molecule has 28 heavy (non-hydrogen) atoms. The number of hydrogen-bond acceptors (Lipinski definition) is 9. The first kappa shape index (κ1) is 19.3. The van der Waals surface area contributed by atoms with Crippen LogP contribution in [0.25, 0.3) is 12.2 Å². The molecular formula is C17H18N6O4S. The molecule has 0 saturated heterocycles. The Balaban J connectivity index is 1.60. The minimum Gasteiger partial charge on any atom is -0.493 e. The van der Waals surface area contributed by atoms with Gasteiger partial charge in [-0.3, -0.25) is 10.6 Å². The molecule has 3 heterocycles. The van der Waals surface area contributed by atoms with Gasteiger partial charge in [0.1, 0.15) is 11.6 Å². The van der Waals surface area contributed by atoms with Crippen LogP contribution in [0.1, 0.15) is 37.3 Å². The zero-order valence-corrected chi connectivity index (χ0v) is 16.1. The van der Waals surface area contributed by atoms with Crippen LogP contribution in [0.2, 0.25) is 0 Å². The average molecular weight is 402 g/mol. The molecule has 0 atom stereocenters. The standard InChI is InChI=1S/C17H18N6O4S/c1-17(2,3)10-8-18-13(27-10)5-4-9-7-19-16(28-9)23-15(26)21-11-6-12(24)22-14(25)20-11/h4-8H,1-3H3,(H4,19,20,21,22,23,24,25,26)/b5-4+. The third kappa shape index (κ3) is 5.04. The number of nitrogens with zero attached hydrogens (tertiary/aromatic N) is 4. The minimum atomic E-state index is -0.655. The Morgan fingerprint density at radius 2 is 1.93 bits per heavy atom. The van der Waals surface area contributed by atoms with Gasteiger partial charge in [0.15, 0.2) is 5.13 Å². The van der Waals surface area contributed by atoms with Crippen molar-refractivity contribution < 1.29 is 19.4 Å². The predicted molar refractivity (Wildman–Crippen MR) is 104 cm³/mol. The number of thiazole rings is 1. The highest BCUT2D eigenvalue weighted by Crippen LogP contribution is 2.24. The molecule has 3 aromatic rings. The molecule has 0 aliphatic heterocycles. The molecule has 0 aromatic carbocycles. The highest BCUT2D eigenvalue weighted by atomic mass is 32.1. The maximum Gasteiger partial charge on any atom is 0.326 e. The van der Waals surface area contributed by atoms with Gasteiger partial charge in [0.05, 0.1) is 6.20 Å². The van der Waals surface area contributed by atoms with Gasteiger partial charge in [-0.25, -0.2) is 14.8 Å². The quantitative estimate of drug-likeness (QED) is 0.519. The van der Waals surface area contributed by atoms with E-state index < -0.39 is 17.9 Å². The van der Waals surface area contributed by atoms with Crippen LogP contribution in [0.4, 0.5) is 15.7 Å². The topological polar surface area (TPSA) is 146 Å². The van der Waals surface area contributed by atoms with Gasteiger partial charge >= 0.3 is 12.0 Å². The van der Waals surface area contributed by atoms with Crippen LogP contribution in [0.3, 0.4) is 0 Å². The fourth-order valence-corrected chi connectivity index (χ4v) is 2.73. The lowest BCUT2D eigenvalue weighted by Gasteiger charge is -2.12. The summed E-state index contributed by atoms with van der Waals surface area (Å²) in [5.74, 6) is 0.745. The monoisotopic (exact) mass is 402 g/mol. The van der Waals surface area contributed by atoms with Gasteiger partial charge in [-0.2, -0.15) is 9.97 Å². The molecule has 0 radical (unpaired) electrons. The fourth-order valence-electron chi connectivity index (χ4n) is 2.02. The molecule has 3 rings (SSSR count). The van der Waals surface area contributed by atoms with E-state index in [1.807, 2.05) is 20.8 Å². The number of aromatic hydroxyl groups is 2. The van der Waals surface area contributed by atoms with Crippen LogP contribution in [0.15, 0.2) is 22.9 Å². The number of rotatable bonds is 4. The second-order valence-corrected chi connectivity index (χ2v) is 7.77. The summed E-state index contributed by atoms with van der Waals surface area (Å²) in [6, 6.07) is -0.194. The number of oxazole rings is 1. The predicted octanol–water partition coefficient (Wildman–Crippen LogP) is 3.44. The van der Waals surface area contributed by atoms with E-state index in [-0.39, 0.29) is 11.2 Å².